The lowest BCUT2D eigenvalue weighted by molar-refractivity contribution is -0.127. The second-order valence-corrected chi connectivity index (χ2v) is 13.9. The fourth-order valence-corrected chi connectivity index (χ4v) is 6.23. The molecule has 2 heterocycles. The van der Waals surface area contributed by atoms with Crippen LogP contribution in [0.4, 0.5) is 0 Å². The fourth-order valence-electron chi connectivity index (χ4n) is 5.81. The van der Waals surface area contributed by atoms with Crippen LogP contribution in [0.2, 0.25) is 10.0 Å². The van der Waals surface area contributed by atoms with Crippen LogP contribution in [-0.4, -0.2) is 53.5 Å². The van der Waals surface area contributed by atoms with E-state index in [0.717, 1.165) is 42.9 Å². The summed E-state index contributed by atoms with van der Waals surface area (Å²) in [4.78, 5) is 21.6. The van der Waals surface area contributed by atoms with Crippen molar-refractivity contribution in [2.24, 2.45) is 0 Å². The molecule has 53 heavy (non-hydrogen) atoms. The summed E-state index contributed by atoms with van der Waals surface area (Å²) in [5.74, 6) is 2.85. The van der Waals surface area contributed by atoms with Crippen molar-refractivity contribution in [2.75, 3.05) is 32.8 Å². The summed E-state index contributed by atoms with van der Waals surface area (Å²) < 4.78 is 17.6. The van der Waals surface area contributed by atoms with E-state index in [9.17, 15) is 4.79 Å². The first-order valence-corrected chi connectivity index (χ1v) is 18.3. The van der Waals surface area contributed by atoms with Gasteiger partial charge in [-0.2, -0.15) is 0 Å². The Morgan fingerprint density at radius 3 is 2.21 bits per heavy atom. The first-order chi connectivity index (χ1) is 25.3. The molecular weight excluding hydrogens is 729 g/mol. The average molecular weight is 773 g/mol. The summed E-state index contributed by atoms with van der Waals surface area (Å²) in [5, 5.41) is 1.07. The van der Waals surface area contributed by atoms with E-state index in [4.69, 9.17) is 37.4 Å². The Morgan fingerprint density at radius 2 is 1.53 bits per heavy atom. The highest BCUT2D eigenvalue weighted by atomic mass is 35.5. The summed E-state index contributed by atoms with van der Waals surface area (Å²) in [7, 11) is 0. The van der Waals surface area contributed by atoms with Gasteiger partial charge in [-0.1, -0.05) is 97.7 Å². The molecule has 0 aliphatic carbocycles. The molecule has 4 aromatic carbocycles. The van der Waals surface area contributed by atoms with E-state index in [1.54, 1.807) is 42.6 Å². The molecule has 1 aromatic heterocycles. The van der Waals surface area contributed by atoms with Gasteiger partial charge in [0.25, 0.3) is 0 Å². The van der Waals surface area contributed by atoms with Crippen molar-refractivity contribution in [2.45, 2.75) is 39.3 Å². The van der Waals surface area contributed by atoms with E-state index < -0.39 is 0 Å². The second kappa shape index (κ2) is 19.5. The number of pyridine rings is 1. The van der Waals surface area contributed by atoms with Crippen LogP contribution in [0.1, 0.15) is 47.6 Å². The van der Waals surface area contributed by atoms with Gasteiger partial charge in [0.05, 0.1) is 17.8 Å². The molecular formula is C43H44Cl3N3O4. The minimum absolute atomic E-state index is 0. The van der Waals surface area contributed by atoms with Crippen molar-refractivity contribution in [3.05, 3.63) is 153 Å². The lowest BCUT2D eigenvalue weighted by Gasteiger charge is -2.34. The highest BCUT2D eigenvalue weighted by Crippen LogP contribution is 2.30. The third kappa shape index (κ3) is 11.7. The number of carbonyl (C=O) groups is 1. The lowest BCUT2D eigenvalue weighted by Crippen LogP contribution is -2.47. The number of benzene rings is 4. The molecule has 0 radical (unpaired) electrons. The minimum atomic E-state index is -0.0143. The minimum Gasteiger partial charge on any atom is -0.493 e. The number of aromatic nitrogens is 1. The van der Waals surface area contributed by atoms with Gasteiger partial charge in [-0.3, -0.25) is 9.69 Å². The number of rotatable bonds is 14. The van der Waals surface area contributed by atoms with Crippen LogP contribution in [-0.2, 0) is 24.4 Å². The van der Waals surface area contributed by atoms with Crippen LogP contribution >= 0.6 is 35.6 Å². The van der Waals surface area contributed by atoms with E-state index in [2.05, 4.69) is 72.3 Å². The fraction of sp³-hybridized carbons (Fsp3) is 0.256. The Morgan fingerprint density at radius 1 is 0.811 bits per heavy atom. The smallest absolute Gasteiger partial charge is 0.246 e. The lowest BCUT2D eigenvalue weighted by atomic mass is 10.0. The molecule has 6 rings (SSSR count). The predicted octanol–water partition coefficient (Wildman–Crippen LogP) is 10.3. The summed E-state index contributed by atoms with van der Waals surface area (Å²) in [6, 6.07) is 33.6. The number of piperazine rings is 1. The second-order valence-electron chi connectivity index (χ2n) is 13.1. The summed E-state index contributed by atoms with van der Waals surface area (Å²) in [6.07, 6.45) is 5.84. The van der Waals surface area contributed by atoms with E-state index in [-0.39, 0.29) is 18.3 Å². The number of amides is 1. The van der Waals surface area contributed by atoms with Crippen LogP contribution in [0.3, 0.4) is 0 Å². The Balaban J connectivity index is 0.00000541. The van der Waals surface area contributed by atoms with Gasteiger partial charge < -0.3 is 19.1 Å². The standard InChI is InChI=1S/C43H43Cl2N3O4.ClH/c1-31(2)35-13-15-37(16-14-35)50-26-21-32-7-9-34(10-8-32)29-47-22-24-48(25-23-47)43(49)20-12-33-11-18-41(40(45)27-33)52-42-19-17-38(28-46-42)51-30-36-5-3-4-6-39(36)44;/h3-20,27-28,31H,21-26,29-30H2,1-2H3;1H. The molecule has 1 amide bonds. The van der Waals surface area contributed by atoms with Gasteiger partial charge in [0.1, 0.15) is 23.9 Å². The zero-order chi connectivity index (χ0) is 36.3. The summed E-state index contributed by atoms with van der Waals surface area (Å²) in [5.41, 5.74) is 5.54. The first-order valence-electron chi connectivity index (χ1n) is 17.6. The zero-order valence-electron chi connectivity index (χ0n) is 29.9. The van der Waals surface area contributed by atoms with Crippen LogP contribution in [0.25, 0.3) is 6.08 Å². The van der Waals surface area contributed by atoms with Gasteiger partial charge in [-0.15, -0.1) is 12.4 Å². The Kier molecular flexibility index (Phi) is 14.6. The molecule has 10 heteroatoms. The zero-order valence-corrected chi connectivity index (χ0v) is 32.2. The quantitative estimate of drug-likeness (QED) is 0.105. The molecule has 1 saturated heterocycles. The number of halogens is 3. The van der Waals surface area contributed by atoms with Crippen molar-refractivity contribution in [1.29, 1.82) is 0 Å². The molecule has 276 valence electrons. The highest BCUT2D eigenvalue weighted by Gasteiger charge is 2.20. The molecule has 5 aromatic rings. The van der Waals surface area contributed by atoms with Gasteiger partial charge in [0.2, 0.25) is 11.8 Å². The average Bonchev–Trinajstić information content (AvgIpc) is 3.16. The number of nitrogens with zero attached hydrogens (tertiary/aromatic N) is 3. The molecule has 1 aliphatic heterocycles. The van der Waals surface area contributed by atoms with Gasteiger partial charge in [0.15, 0.2) is 0 Å². The van der Waals surface area contributed by atoms with Crippen molar-refractivity contribution < 1.29 is 19.0 Å². The molecule has 1 fully saturated rings. The number of ether oxygens (including phenoxy) is 3. The van der Waals surface area contributed by atoms with Gasteiger partial charge in [-0.25, -0.2) is 4.98 Å². The summed E-state index contributed by atoms with van der Waals surface area (Å²) >= 11 is 12.7. The Bertz CT molecular complexity index is 1940. The normalized spacial score (nSPS) is 13.2. The van der Waals surface area contributed by atoms with Crippen molar-refractivity contribution in [1.82, 2.24) is 14.8 Å². The number of hydrogen-bond acceptors (Lipinski definition) is 6. The molecule has 0 spiro atoms. The van der Waals surface area contributed by atoms with Crippen LogP contribution in [0.5, 0.6) is 23.1 Å². The van der Waals surface area contributed by atoms with Crippen molar-refractivity contribution >= 4 is 47.6 Å². The van der Waals surface area contributed by atoms with E-state index in [1.165, 1.54) is 16.7 Å². The van der Waals surface area contributed by atoms with Gasteiger partial charge in [0, 0.05) is 61.9 Å². The predicted molar refractivity (Wildman–Crippen MR) is 216 cm³/mol. The Hall–Kier alpha value is -4.53. The molecule has 0 bridgehead atoms. The number of hydrogen-bond donors (Lipinski definition) is 0. The van der Waals surface area contributed by atoms with E-state index >= 15 is 0 Å². The number of carbonyl (C=O) groups excluding carboxylic acids is 1. The molecule has 0 N–H and O–H groups in total. The van der Waals surface area contributed by atoms with E-state index in [1.807, 2.05) is 35.2 Å². The van der Waals surface area contributed by atoms with Gasteiger partial charge in [-0.05, 0) is 70.6 Å². The third-order valence-electron chi connectivity index (χ3n) is 8.97. The topological polar surface area (TPSA) is 64.1 Å². The van der Waals surface area contributed by atoms with Crippen molar-refractivity contribution in [3.8, 4) is 23.1 Å². The van der Waals surface area contributed by atoms with Crippen LogP contribution in [0.15, 0.2) is 115 Å². The maximum absolute atomic E-state index is 13.0. The molecule has 0 atom stereocenters. The van der Waals surface area contributed by atoms with Crippen LogP contribution < -0.4 is 14.2 Å². The highest BCUT2D eigenvalue weighted by molar-refractivity contribution is 6.32. The molecule has 0 unspecified atom stereocenters. The monoisotopic (exact) mass is 771 g/mol. The maximum atomic E-state index is 13.0. The molecule has 0 saturated carbocycles. The Labute approximate surface area is 328 Å². The largest absolute Gasteiger partial charge is 0.493 e. The summed E-state index contributed by atoms with van der Waals surface area (Å²) in [6.45, 7) is 9.25. The SMILES string of the molecule is CC(C)c1ccc(OCCc2ccc(CN3CCN(C(=O)C=Cc4ccc(Oc5ccc(OCc6ccccc6Cl)cn5)c(Cl)c4)CC3)cc2)cc1.Cl. The van der Waals surface area contributed by atoms with Gasteiger partial charge >= 0.3 is 0 Å². The first kappa shape index (κ1) is 39.7. The third-order valence-corrected chi connectivity index (χ3v) is 9.63. The van der Waals surface area contributed by atoms with Crippen LogP contribution in [0, 0.1) is 0 Å². The molecule has 1 aliphatic rings. The molecule has 7 nitrogen and oxygen atoms in total. The maximum Gasteiger partial charge on any atom is 0.246 e. The van der Waals surface area contributed by atoms with Crippen molar-refractivity contribution in [3.63, 3.8) is 0 Å². The van der Waals surface area contributed by atoms with E-state index in [0.29, 0.717) is 59.6 Å².